The van der Waals surface area contributed by atoms with Gasteiger partial charge in [-0.05, 0) is 56.6 Å². The van der Waals surface area contributed by atoms with Crippen molar-refractivity contribution in [2.24, 2.45) is 0 Å². The smallest absolute Gasteiger partial charge is 0.172 e. The molecule has 7 heteroatoms. The molecule has 2 rings (SSSR count). The van der Waals surface area contributed by atoms with Gasteiger partial charge < -0.3 is 10.6 Å². The Balaban J connectivity index is 1.99. The fourth-order valence-electron chi connectivity index (χ4n) is 1.60. The SMILES string of the molecule is C[C@@H](NC(=S)Nc1ncc(Br)nc1Br)c1ccccc1. The first-order valence-electron chi connectivity index (χ1n) is 5.87. The highest BCUT2D eigenvalue weighted by Crippen LogP contribution is 2.19. The number of anilines is 1. The average molecular weight is 416 g/mol. The van der Waals surface area contributed by atoms with Crippen molar-refractivity contribution >= 4 is 55.0 Å². The minimum absolute atomic E-state index is 0.110. The van der Waals surface area contributed by atoms with Crippen molar-refractivity contribution in [1.29, 1.82) is 0 Å². The van der Waals surface area contributed by atoms with E-state index < -0.39 is 0 Å². The van der Waals surface area contributed by atoms with E-state index in [-0.39, 0.29) is 6.04 Å². The van der Waals surface area contributed by atoms with Gasteiger partial charge in [-0.2, -0.15) is 0 Å². The summed E-state index contributed by atoms with van der Waals surface area (Å²) in [5.41, 5.74) is 1.16. The van der Waals surface area contributed by atoms with Crippen LogP contribution >= 0.6 is 44.1 Å². The predicted molar refractivity (Wildman–Crippen MR) is 91.6 cm³/mol. The second-order valence-electron chi connectivity index (χ2n) is 4.06. The number of aromatic nitrogens is 2. The molecule has 0 aliphatic rings. The van der Waals surface area contributed by atoms with Gasteiger partial charge in [-0.1, -0.05) is 30.3 Å². The van der Waals surface area contributed by atoms with Crippen LogP contribution in [0.2, 0.25) is 0 Å². The molecule has 2 N–H and O–H groups in total. The molecule has 104 valence electrons. The average Bonchev–Trinajstić information content (AvgIpc) is 2.43. The maximum atomic E-state index is 5.28. The van der Waals surface area contributed by atoms with Gasteiger partial charge in [0.1, 0.15) is 9.21 Å². The van der Waals surface area contributed by atoms with E-state index in [1.807, 2.05) is 25.1 Å². The van der Waals surface area contributed by atoms with Crippen LogP contribution in [0.3, 0.4) is 0 Å². The summed E-state index contributed by atoms with van der Waals surface area (Å²) < 4.78 is 1.26. The molecule has 0 bridgehead atoms. The third-order valence-corrected chi connectivity index (χ3v) is 3.73. The molecule has 1 aromatic heterocycles. The number of nitrogens with one attached hydrogen (secondary N) is 2. The third-order valence-electron chi connectivity index (χ3n) is 2.58. The predicted octanol–water partition coefficient (Wildman–Crippen LogP) is 4.05. The Morgan fingerprint density at radius 2 is 1.95 bits per heavy atom. The summed E-state index contributed by atoms with van der Waals surface area (Å²) in [5, 5.41) is 6.72. The van der Waals surface area contributed by atoms with E-state index in [1.165, 1.54) is 0 Å². The minimum Gasteiger partial charge on any atom is -0.356 e. The van der Waals surface area contributed by atoms with Crippen molar-refractivity contribution in [2.75, 3.05) is 5.32 Å². The molecule has 0 amide bonds. The summed E-state index contributed by atoms with van der Waals surface area (Å²) in [7, 11) is 0. The molecule has 0 fully saturated rings. The molecule has 0 radical (unpaired) electrons. The first kappa shape index (κ1) is 15.3. The number of rotatable bonds is 3. The molecule has 0 spiro atoms. The quantitative estimate of drug-likeness (QED) is 0.740. The number of halogens is 2. The van der Waals surface area contributed by atoms with Crippen LogP contribution in [-0.4, -0.2) is 15.1 Å². The molecule has 1 heterocycles. The molecular formula is C13H12Br2N4S. The molecule has 2 aromatic rings. The van der Waals surface area contributed by atoms with Gasteiger partial charge in [0.15, 0.2) is 10.9 Å². The van der Waals surface area contributed by atoms with Crippen molar-refractivity contribution in [3.63, 3.8) is 0 Å². The van der Waals surface area contributed by atoms with Crippen molar-refractivity contribution < 1.29 is 0 Å². The fraction of sp³-hybridized carbons (Fsp3) is 0.154. The van der Waals surface area contributed by atoms with Gasteiger partial charge in [-0.25, -0.2) is 9.97 Å². The lowest BCUT2D eigenvalue weighted by Gasteiger charge is -2.17. The Morgan fingerprint density at radius 1 is 1.25 bits per heavy atom. The van der Waals surface area contributed by atoms with Gasteiger partial charge in [-0.3, -0.25) is 0 Å². The highest BCUT2D eigenvalue weighted by atomic mass is 79.9. The molecule has 0 aliphatic carbocycles. The zero-order valence-electron chi connectivity index (χ0n) is 10.6. The van der Waals surface area contributed by atoms with Gasteiger partial charge in [0.25, 0.3) is 0 Å². The van der Waals surface area contributed by atoms with E-state index in [9.17, 15) is 0 Å². The molecule has 0 aliphatic heterocycles. The van der Waals surface area contributed by atoms with Crippen LogP contribution in [0.4, 0.5) is 5.82 Å². The summed E-state index contributed by atoms with van der Waals surface area (Å²) >= 11 is 11.9. The molecule has 20 heavy (non-hydrogen) atoms. The van der Waals surface area contributed by atoms with Crippen LogP contribution in [0.25, 0.3) is 0 Å². The third kappa shape index (κ3) is 4.22. The second-order valence-corrected chi connectivity index (χ2v) is 6.03. The van der Waals surface area contributed by atoms with Crippen LogP contribution in [-0.2, 0) is 0 Å². The number of nitrogens with zero attached hydrogens (tertiary/aromatic N) is 2. The number of thiocarbonyl (C=S) groups is 1. The molecule has 4 nitrogen and oxygen atoms in total. The van der Waals surface area contributed by atoms with E-state index in [0.29, 0.717) is 20.1 Å². The Bertz CT molecular complexity index is 607. The van der Waals surface area contributed by atoms with Gasteiger partial charge >= 0.3 is 0 Å². The molecular weight excluding hydrogens is 404 g/mol. The van der Waals surface area contributed by atoms with Crippen molar-refractivity contribution in [1.82, 2.24) is 15.3 Å². The summed E-state index contributed by atoms with van der Waals surface area (Å²) in [4.78, 5) is 8.39. The first-order chi connectivity index (χ1) is 9.56. The lowest BCUT2D eigenvalue weighted by atomic mass is 10.1. The van der Waals surface area contributed by atoms with E-state index >= 15 is 0 Å². The second kappa shape index (κ2) is 7.10. The van der Waals surface area contributed by atoms with Crippen LogP contribution in [0.15, 0.2) is 45.7 Å². The van der Waals surface area contributed by atoms with Crippen LogP contribution in [0, 0.1) is 0 Å². The lowest BCUT2D eigenvalue weighted by molar-refractivity contribution is 0.722. The maximum absolute atomic E-state index is 5.28. The molecule has 1 atom stereocenters. The standard InChI is InChI=1S/C13H12Br2N4S/c1-8(9-5-3-2-4-6-9)17-13(20)19-12-11(15)18-10(14)7-16-12/h2-8H,1H3,(H2,16,17,19,20)/t8-/m1/s1. The Morgan fingerprint density at radius 3 is 2.60 bits per heavy atom. The number of benzene rings is 1. The van der Waals surface area contributed by atoms with E-state index in [2.05, 4.69) is 64.6 Å². The summed E-state index contributed by atoms with van der Waals surface area (Å²) in [6, 6.07) is 10.2. The van der Waals surface area contributed by atoms with E-state index in [4.69, 9.17) is 12.2 Å². The fourth-order valence-corrected chi connectivity index (χ4v) is 2.78. The molecule has 0 saturated carbocycles. The summed E-state index contributed by atoms with van der Waals surface area (Å²) in [6.45, 7) is 2.05. The van der Waals surface area contributed by atoms with Crippen LogP contribution in [0.5, 0.6) is 0 Å². The topological polar surface area (TPSA) is 49.8 Å². The summed E-state index contributed by atoms with van der Waals surface area (Å²) in [6.07, 6.45) is 1.61. The zero-order valence-corrected chi connectivity index (χ0v) is 14.6. The Labute approximate surface area is 139 Å². The molecule has 0 unspecified atom stereocenters. The highest BCUT2D eigenvalue weighted by Gasteiger charge is 2.09. The van der Waals surface area contributed by atoms with Crippen LogP contribution < -0.4 is 10.6 Å². The largest absolute Gasteiger partial charge is 0.356 e. The van der Waals surface area contributed by atoms with Gasteiger partial charge in [0.05, 0.1) is 12.2 Å². The van der Waals surface area contributed by atoms with Gasteiger partial charge in [-0.15, -0.1) is 0 Å². The monoisotopic (exact) mass is 414 g/mol. The van der Waals surface area contributed by atoms with Gasteiger partial charge in [0.2, 0.25) is 0 Å². The van der Waals surface area contributed by atoms with Crippen molar-refractivity contribution in [2.45, 2.75) is 13.0 Å². The Hall–Kier alpha value is -1.05. The lowest BCUT2D eigenvalue weighted by Crippen LogP contribution is -2.31. The van der Waals surface area contributed by atoms with Crippen molar-refractivity contribution in [3.05, 3.63) is 51.3 Å². The molecule has 0 saturated heterocycles. The van der Waals surface area contributed by atoms with E-state index in [1.54, 1.807) is 6.20 Å². The first-order valence-corrected chi connectivity index (χ1v) is 7.86. The highest BCUT2D eigenvalue weighted by molar-refractivity contribution is 9.11. The van der Waals surface area contributed by atoms with Crippen molar-refractivity contribution in [3.8, 4) is 0 Å². The maximum Gasteiger partial charge on any atom is 0.172 e. The molecule has 1 aromatic carbocycles. The van der Waals surface area contributed by atoms with Crippen LogP contribution in [0.1, 0.15) is 18.5 Å². The number of hydrogen-bond acceptors (Lipinski definition) is 3. The minimum atomic E-state index is 0.110. The normalized spacial score (nSPS) is 11.8. The zero-order chi connectivity index (χ0) is 14.5. The van der Waals surface area contributed by atoms with E-state index in [0.717, 1.165) is 5.56 Å². The summed E-state index contributed by atoms with van der Waals surface area (Å²) in [5.74, 6) is 0.575. The van der Waals surface area contributed by atoms with Gasteiger partial charge in [0, 0.05) is 0 Å². The Kier molecular flexibility index (Phi) is 5.45. The number of hydrogen-bond donors (Lipinski definition) is 2.